The van der Waals surface area contributed by atoms with Gasteiger partial charge in [-0.3, -0.25) is 14.6 Å². The molecule has 1 amide bonds. The lowest BCUT2D eigenvalue weighted by Crippen LogP contribution is -2.44. The predicted octanol–water partition coefficient (Wildman–Crippen LogP) is 2.06. The summed E-state index contributed by atoms with van der Waals surface area (Å²) in [4.78, 5) is 22.7. The number of hydrogen-bond acceptors (Lipinski definition) is 8. The predicted molar refractivity (Wildman–Crippen MR) is 111 cm³/mol. The van der Waals surface area contributed by atoms with Crippen molar-refractivity contribution in [2.24, 2.45) is 0 Å². The Balaban J connectivity index is 1.60. The number of carbonyl (C=O) groups excluding carboxylic acids is 1. The van der Waals surface area contributed by atoms with E-state index in [1.54, 1.807) is 17.3 Å². The van der Waals surface area contributed by atoms with Crippen molar-refractivity contribution in [2.45, 2.75) is 25.4 Å². The minimum atomic E-state index is -0.0904. The van der Waals surface area contributed by atoms with Gasteiger partial charge in [0, 0.05) is 25.3 Å². The fourth-order valence-electron chi connectivity index (χ4n) is 3.39. The molecule has 1 atom stereocenters. The van der Waals surface area contributed by atoms with Gasteiger partial charge in [-0.1, -0.05) is 18.2 Å². The Morgan fingerprint density at radius 3 is 3.17 bits per heavy atom. The number of nitrogens with one attached hydrogen (secondary N) is 3. The maximum atomic E-state index is 12.0. The quantitative estimate of drug-likeness (QED) is 0.508. The second kappa shape index (κ2) is 8.38. The van der Waals surface area contributed by atoms with Crippen molar-refractivity contribution < 1.29 is 4.79 Å². The van der Waals surface area contributed by atoms with Gasteiger partial charge in [0.1, 0.15) is 17.7 Å². The van der Waals surface area contributed by atoms with E-state index in [0.29, 0.717) is 41.6 Å². The molecule has 12 heteroatoms. The molecule has 3 aromatic heterocycles. The van der Waals surface area contributed by atoms with E-state index in [2.05, 4.69) is 42.5 Å². The van der Waals surface area contributed by atoms with Crippen LogP contribution in [-0.2, 0) is 11.3 Å². The molecule has 0 spiro atoms. The molecule has 1 aliphatic rings. The highest BCUT2D eigenvalue weighted by atomic mass is 35.5. The molecule has 1 saturated heterocycles. The number of nitrogens with zero attached hydrogens (tertiary/aromatic N) is 7. The fourth-order valence-corrected chi connectivity index (χ4v) is 3.61. The van der Waals surface area contributed by atoms with Crippen LogP contribution in [-0.4, -0.2) is 59.9 Å². The first-order valence-electron chi connectivity index (χ1n) is 9.33. The van der Waals surface area contributed by atoms with Crippen molar-refractivity contribution in [3.8, 4) is 6.07 Å². The SMILES string of the molecule is C=CC(=O)N1CCC[C@@H](Nc2nc(Nc3cnn(CC#N)c3)nc3[nH]nc(Cl)c23)C1. The van der Waals surface area contributed by atoms with E-state index >= 15 is 0 Å². The second-order valence-corrected chi connectivity index (χ2v) is 7.17. The highest BCUT2D eigenvalue weighted by Gasteiger charge is 2.24. The number of nitriles is 1. The molecule has 1 fully saturated rings. The summed E-state index contributed by atoms with van der Waals surface area (Å²) in [6.45, 7) is 4.94. The van der Waals surface area contributed by atoms with Crippen LogP contribution in [0.25, 0.3) is 11.0 Å². The van der Waals surface area contributed by atoms with Crippen LogP contribution in [0.15, 0.2) is 25.0 Å². The van der Waals surface area contributed by atoms with Crippen molar-refractivity contribution in [3.63, 3.8) is 0 Å². The average molecular weight is 427 g/mol. The van der Waals surface area contributed by atoms with Gasteiger partial charge in [-0.25, -0.2) is 0 Å². The van der Waals surface area contributed by atoms with Gasteiger partial charge in [-0.15, -0.1) is 0 Å². The molecule has 4 heterocycles. The van der Waals surface area contributed by atoms with Crippen LogP contribution >= 0.6 is 11.6 Å². The summed E-state index contributed by atoms with van der Waals surface area (Å²) in [6.07, 6.45) is 6.34. The molecule has 0 aliphatic carbocycles. The topological polar surface area (TPSA) is 140 Å². The molecule has 30 heavy (non-hydrogen) atoms. The average Bonchev–Trinajstić information content (AvgIpc) is 3.34. The summed E-state index contributed by atoms with van der Waals surface area (Å²) >= 11 is 6.24. The van der Waals surface area contributed by atoms with Crippen LogP contribution in [0, 0.1) is 11.3 Å². The molecule has 0 radical (unpaired) electrons. The molecule has 3 N–H and O–H groups in total. The number of hydrogen-bond donors (Lipinski definition) is 3. The monoisotopic (exact) mass is 426 g/mol. The van der Waals surface area contributed by atoms with Gasteiger partial charge >= 0.3 is 0 Å². The number of carbonyl (C=O) groups is 1. The largest absolute Gasteiger partial charge is 0.365 e. The van der Waals surface area contributed by atoms with Crippen LogP contribution in [0.5, 0.6) is 0 Å². The Bertz CT molecular complexity index is 1130. The standard InChI is InChI=1S/C18H19ClN10O/c1-2-13(30)28-6-3-4-11(9-28)22-16-14-15(19)26-27-17(14)25-18(24-16)23-12-8-21-29(10-12)7-5-20/h2,8,10-11H,1,3-4,6-7,9H2,(H3,22,23,24,25,26,27)/t11-/m1/s1. The Morgan fingerprint density at radius 1 is 1.50 bits per heavy atom. The van der Waals surface area contributed by atoms with Gasteiger partial charge in [-0.05, 0) is 18.9 Å². The molecule has 11 nitrogen and oxygen atoms in total. The highest BCUT2D eigenvalue weighted by molar-refractivity contribution is 6.35. The van der Waals surface area contributed by atoms with Crippen molar-refractivity contribution >= 4 is 46.0 Å². The summed E-state index contributed by atoms with van der Waals surface area (Å²) in [7, 11) is 0. The first-order chi connectivity index (χ1) is 14.6. The van der Waals surface area contributed by atoms with Gasteiger partial charge in [0.25, 0.3) is 0 Å². The number of halogens is 1. The number of anilines is 3. The number of H-pyrrole nitrogens is 1. The fraction of sp³-hybridized carbons (Fsp3) is 0.333. The number of rotatable bonds is 6. The highest BCUT2D eigenvalue weighted by Crippen LogP contribution is 2.29. The third-order valence-corrected chi connectivity index (χ3v) is 5.02. The van der Waals surface area contributed by atoms with Crippen LogP contribution in [0.1, 0.15) is 12.8 Å². The lowest BCUT2D eigenvalue weighted by Gasteiger charge is -2.32. The normalized spacial score (nSPS) is 16.3. The maximum absolute atomic E-state index is 12.0. The zero-order valence-corrected chi connectivity index (χ0v) is 16.7. The smallest absolute Gasteiger partial charge is 0.246 e. The van der Waals surface area contributed by atoms with Crippen molar-refractivity contribution in [2.75, 3.05) is 23.7 Å². The maximum Gasteiger partial charge on any atom is 0.246 e. The molecule has 4 rings (SSSR count). The molecular weight excluding hydrogens is 408 g/mol. The lowest BCUT2D eigenvalue weighted by atomic mass is 10.1. The summed E-state index contributed by atoms with van der Waals surface area (Å²) in [6, 6.07) is 2.03. The van der Waals surface area contributed by atoms with Crippen molar-refractivity contribution in [1.29, 1.82) is 5.26 Å². The molecule has 154 valence electrons. The third kappa shape index (κ3) is 4.04. The van der Waals surface area contributed by atoms with Gasteiger partial charge in [0.05, 0.1) is 18.0 Å². The third-order valence-electron chi connectivity index (χ3n) is 4.75. The molecule has 3 aromatic rings. The number of piperidine rings is 1. The molecule has 0 unspecified atom stereocenters. The lowest BCUT2D eigenvalue weighted by molar-refractivity contribution is -0.127. The van der Waals surface area contributed by atoms with Crippen LogP contribution < -0.4 is 10.6 Å². The molecular formula is C18H19ClN10O. The minimum absolute atomic E-state index is 0.00190. The first kappa shape index (κ1) is 19.7. The van der Waals surface area contributed by atoms with Crippen LogP contribution in [0.3, 0.4) is 0 Å². The van der Waals surface area contributed by atoms with Crippen LogP contribution in [0.2, 0.25) is 5.15 Å². The zero-order valence-electron chi connectivity index (χ0n) is 16.0. The molecule has 0 saturated carbocycles. The Hall–Kier alpha value is -3.65. The minimum Gasteiger partial charge on any atom is -0.365 e. The summed E-state index contributed by atoms with van der Waals surface area (Å²) in [5.74, 6) is 0.743. The second-order valence-electron chi connectivity index (χ2n) is 6.82. The van der Waals surface area contributed by atoms with E-state index < -0.39 is 0 Å². The van der Waals surface area contributed by atoms with Crippen LogP contribution in [0.4, 0.5) is 17.5 Å². The van der Waals surface area contributed by atoms with Gasteiger partial charge in [-0.2, -0.15) is 25.4 Å². The first-order valence-corrected chi connectivity index (χ1v) is 9.71. The number of likely N-dealkylation sites (tertiary alicyclic amines) is 1. The number of aromatic nitrogens is 6. The summed E-state index contributed by atoms with van der Waals surface area (Å²) in [5.41, 5.74) is 1.11. The zero-order chi connectivity index (χ0) is 21.1. The van der Waals surface area contributed by atoms with Gasteiger partial charge in [0.15, 0.2) is 10.8 Å². The van der Waals surface area contributed by atoms with E-state index in [-0.39, 0.29) is 23.6 Å². The van der Waals surface area contributed by atoms with Crippen molar-refractivity contribution in [1.82, 2.24) is 34.8 Å². The van der Waals surface area contributed by atoms with Gasteiger partial charge in [0.2, 0.25) is 11.9 Å². The molecule has 0 bridgehead atoms. The number of fused-ring (bicyclic) bond motifs is 1. The molecule has 1 aliphatic heterocycles. The molecule has 0 aromatic carbocycles. The number of amides is 1. The summed E-state index contributed by atoms with van der Waals surface area (Å²) in [5, 5.41) is 27.0. The summed E-state index contributed by atoms with van der Waals surface area (Å²) < 4.78 is 1.50. The Morgan fingerprint density at radius 2 is 2.37 bits per heavy atom. The number of aromatic amines is 1. The van der Waals surface area contributed by atoms with Crippen molar-refractivity contribution in [3.05, 3.63) is 30.2 Å². The Kier molecular flexibility index (Phi) is 5.49. The van der Waals surface area contributed by atoms with E-state index in [1.807, 2.05) is 6.07 Å². The van der Waals surface area contributed by atoms with E-state index in [0.717, 1.165) is 12.8 Å². The van der Waals surface area contributed by atoms with E-state index in [1.165, 1.54) is 10.8 Å². The van der Waals surface area contributed by atoms with E-state index in [9.17, 15) is 4.79 Å². The van der Waals surface area contributed by atoms with Gasteiger partial charge < -0.3 is 15.5 Å². The Labute approximate surface area is 176 Å². The van der Waals surface area contributed by atoms with E-state index in [4.69, 9.17) is 16.9 Å².